The lowest BCUT2D eigenvalue weighted by atomic mass is 9.66. The Labute approximate surface area is 114 Å². The van der Waals surface area contributed by atoms with Gasteiger partial charge in [-0.05, 0) is 47.6 Å². The third kappa shape index (κ3) is 1.29. The first-order valence-electron chi connectivity index (χ1n) is 7.70. The highest BCUT2D eigenvalue weighted by Crippen LogP contribution is 2.70. The Balaban J connectivity index is 1.51. The van der Waals surface area contributed by atoms with E-state index in [2.05, 4.69) is 24.3 Å². The number of hydrogen-bond acceptors (Lipinski definition) is 2. The van der Waals surface area contributed by atoms with E-state index >= 15 is 0 Å². The van der Waals surface area contributed by atoms with Gasteiger partial charge < -0.3 is 9.47 Å². The maximum Gasteiger partial charge on any atom is 0.168 e. The summed E-state index contributed by atoms with van der Waals surface area (Å²) >= 11 is 0. The zero-order valence-electron chi connectivity index (χ0n) is 11.2. The molecule has 1 aromatic carbocycles. The van der Waals surface area contributed by atoms with Gasteiger partial charge in [0.1, 0.15) is 0 Å². The van der Waals surface area contributed by atoms with Crippen molar-refractivity contribution in [2.45, 2.75) is 49.2 Å². The highest BCUT2D eigenvalue weighted by atomic mass is 16.7. The fourth-order valence-electron chi connectivity index (χ4n) is 5.13. The first-order chi connectivity index (χ1) is 9.33. The lowest BCUT2D eigenvalue weighted by Gasteiger charge is -2.43. The minimum atomic E-state index is -0.215. The van der Waals surface area contributed by atoms with Gasteiger partial charge in [0.2, 0.25) is 0 Å². The van der Waals surface area contributed by atoms with E-state index in [0.717, 1.165) is 37.9 Å². The molecule has 100 valence electrons. The first-order valence-corrected chi connectivity index (χ1v) is 7.70. The molecule has 1 aromatic rings. The molecule has 1 saturated heterocycles. The minimum absolute atomic E-state index is 0.215. The van der Waals surface area contributed by atoms with Crippen LogP contribution in [-0.4, -0.2) is 19.0 Å². The number of ether oxygens (including phenoxy) is 2. The van der Waals surface area contributed by atoms with Gasteiger partial charge in [-0.1, -0.05) is 24.3 Å². The highest BCUT2D eigenvalue weighted by Gasteiger charge is 2.62. The monoisotopic (exact) mass is 256 g/mol. The molecule has 2 spiro atoms. The molecule has 1 heterocycles. The molecule has 3 aliphatic carbocycles. The summed E-state index contributed by atoms with van der Waals surface area (Å²) < 4.78 is 11.8. The Morgan fingerprint density at radius 3 is 2.47 bits per heavy atom. The number of hydrogen-bond donors (Lipinski definition) is 0. The van der Waals surface area contributed by atoms with E-state index in [1.165, 1.54) is 19.3 Å². The van der Waals surface area contributed by atoms with Gasteiger partial charge in [-0.2, -0.15) is 0 Å². The third-order valence-corrected chi connectivity index (χ3v) is 6.11. The summed E-state index contributed by atoms with van der Waals surface area (Å²) in [5.74, 6) is 1.58. The molecule has 2 heteroatoms. The summed E-state index contributed by atoms with van der Waals surface area (Å²) in [6.07, 6.45) is 6.11. The Hall–Kier alpha value is -0.860. The second-order valence-electron chi connectivity index (χ2n) is 6.80. The molecule has 0 N–H and O–H groups in total. The van der Waals surface area contributed by atoms with Gasteiger partial charge in [-0.15, -0.1) is 0 Å². The van der Waals surface area contributed by atoms with Crippen LogP contribution >= 0.6 is 0 Å². The molecular weight excluding hydrogens is 236 g/mol. The molecule has 3 fully saturated rings. The van der Waals surface area contributed by atoms with Crippen LogP contribution in [0.2, 0.25) is 0 Å². The van der Waals surface area contributed by atoms with E-state index < -0.39 is 0 Å². The van der Waals surface area contributed by atoms with E-state index in [0.29, 0.717) is 5.41 Å². The maximum atomic E-state index is 5.90. The van der Waals surface area contributed by atoms with Gasteiger partial charge in [0.05, 0.1) is 13.2 Å². The van der Waals surface area contributed by atoms with Crippen molar-refractivity contribution in [1.82, 2.24) is 0 Å². The second kappa shape index (κ2) is 3.42. The highest BCUT2D eigenvalue weighted by molar-refractivity contribution is 5.49. The van der Waals surface area contributed by atoms with Gasteiger partial charge in [0.15, 0.2) is 5.79 Å². The smallest absolute Gasteiger partial charge is 0.168 e. The van der Waals surface area contributed by atoms with Gasteiger partial charge in [-0.3, -0.25) is 0 Å². The fraction of sp³-hybridized carbons (Fsp3) is 0.647. The summed E-state index contributed by atoms with van der Waals surface area (Å²) in [4.78, 5) is 0. The quantitative estimate of drug-likeness (QED) is 0.708. The molecule has 0 unspecified atom stereocenters. The van der Waals surface area contributed by atoms with Crippen LogP contribution in [0.5, 0.6) is 0 Å². The SMILES string of the molecule is c1ccc2c(c1)[C@@H]1C[C@@H]1C21CCC2(CC1)OCCO2. The molecule has 5 rings (SSSR count). The molecule has 4 aliphatic rings. The number of fused-ring (bicyclic) bond motifs is 5. The van der Waals surface area contributed by atoms with E-state index in [-0.39, 0.29) is 5.79 Å². The van der Waals surface area contributed by atoms with Crippen LogP contribution in [-0.2, 0) is 14.9 Å². The molecule has 0 radical (unpaired) electrons. The average Bonchev–Trinajstić information content (AvgIpc) is 3.07. The largest absolute Gasteiger partial charge is 0.348 e. The third-order valence-electron chi connectivity index (χ3n) is 6.11. The molecule has 2 atom stereocenters. The van der Waals surface area contributed by atoms with Crippen molar-refractivity contribution >= 4 is 0 Å². The van der Waals surface area contributed by atoms with Crippen LogP contribution < -0.4 is 0 Å². The van der Waals surface area contributed by atoms with Crippen LogP contribution in [0.25, 0.3) is 0 Å². The topological polar surface area (TPSA) is 18.5 Å². The van der Waals surface area contributed by atoms with Gasteiger partial charge in [0, 0.05) is 12.8 Å². The van der Waals surface area contributed by atoms with Crippen LogP contribution in [0.1, 0.15) is 49.1 Å². The lowest BCUT2D eigenvalue weighted by molar-refractivity contribution is -0.186. The summed E-state index contributed by atoms with van der Waals surface area (Å²) in [5.41, 5.74) is 3.77. The van der Waals surface area contributed by atoms with Crippen LogP contribution in [0.3, 0.4) is 0 Å². The van der Waals surface area contributed by atoms with Crippen LogP contribution in [0.15, 0.2) is 24.3 Å². The van der Waals surface area contributed by atoms with E-state index in [9.17, 15) is 0 Å². The summed E-state index contributed by atoms with van der Waals surface area (Å²) in [6.45, 7) is 1.57. The Bertz CT molecular complexity index is 520. The van der Waals surface area contributed by atoms with Crippen molar-refractivity contribution in [3.63, 3.8) is 0 Å². The molecule has 19 heavy (non-hydrogen) atoms. The standard InChI is InChI=1S/C17H20O2/c1-2-4-14-12(3-1)13-11-15(13)16(14)5-7-17(8-6-16)18-9-10-19-17/h1-4,13,15H,5-11H2/t13-,15-/m0/s1. The van der Waals surface area contributed by atoms with Gasteiger partial charge >= 0.3 is 0 Å². The maximum absolute atomic E-state index is 5.90. The molecule has 2 nitrogen and oxygen atoms in total. The lowest BCUT2D eigenvalue weighted by Crippen LogP contribution is -2.42. The summed E-state index contributed by atoms with van der Waals surface area (Å²) in [6, 6.07) is 9.18. The summed E-state index contributed by atoms with van der Waals surface area (Å²) in [5, 5.41) is 0. The molecule has 2 saturated carbocycles. The molecule has 0 bridgehead atoms. The number of benzene rings is 1. The molecule has 0 amide bonds. The Kier molecular flexibility index (Phi) is 1.96. The van der Waals surface area contributed by atoms with Crippen molar-refractivity contribution < 1.29 is 9.47 Å². The molecular formula is C17H20O2. The summed E-state index contributed by atoms with van der Waals surface area (Å²) in [7, 11) is 0. The van der Waals surface area contributed by atoms with E-state index in [1.807, 2.05) is 0 Å². The fourth-order valence-corrected chi connectivity index (χ4v) is 5.13. The molecule has 0 aromatic heterocycles. The van der Waals surface area contributed by atoms with Crippen LogP contribution in [0.4, 0.5) is 0 Å². The van der Waals surface area contributed by atoms with Crippen molar-refractivity contribution in [3.8, 4) is 0 Å². The van der Waals surface area contributed by atoms with Crippen molar-refractivity contribution in [2.24, 2.45) is 5.92 Å². The average molecular weight is 256 g/mol. The Morgan fingerprint density at radius 1 is 0.947 bits per heavy atom. The van der Waals surface area contributed by atoms with E-state index in [1.54, 1.807) is 11.1 Å². The van der Waals surface area contributed by atoms with Gasteiger partial charge in [-0.25, -0.2) is 0 Å². The van der Waals surface area contributed by atoms with Crippen molar-refractivity contribution in [3.05, 3.63) is 35.4 Å². The van der Waals surface area contributed by atoms with E-state index in [4.69, 9.17) is 9.47 Å². The zero-order valence-corrected chi connectivity index (χ0v) is 11.2. The normalized spacial score (nSPS) is 36.4. The first kappa shape index (κ1) is 10.9. The zero-order chi connectivity index (χ0) is 12.5. The Morgan fingerprint density at radius 2 is 1.68 bits per heavy atom. The molecule has 1 aliphatic heterocycles. The van der Waals surface area contributed by atoms with Crippen LogP contribution in [0, 0.1) is 5.92 Å². The minimum Gasteiger partial charge on any atom is -0.348 e. The number of rotatable bonds is 0. The van der Waals surface area contributed by atoms with Gasteiger partial charge in [0.25, 0.3) is 0 Å². The van der Waals surface area contributed by atoms with Crippen molar-refractivity contribution in [1.29, 1.82) is 0 Å². The predicted molar refractivity (Wildman–Crippen MR) is 72.1 cm³/mol. The van der Waals surface area contributed by atoms with Crippen molar-refractivity contribution in [2.75, 3.05) is 13.2 Å². The second-order valence-corrected chi connectivity index (χ2v) is 6.80. The predicted octanol–water partition coefficient (Wildman–Crippen LogP) is 3.36.